The van der Waals surface area contributed by atoms with Gasteiger partial charge in [0, 0.05) is 17.9 Å². The zero-order chi connectivity index (χ0) is 19.5. The zero-order valence-electron chi connectivity index (χ0n) is 16.4. The zero-order valence-corrected chi connectivity index (χ0v) is 16.4. The summed E-state index contributed by atoms with van der Waals surface area (Å²) in [6.07, 6.45) is 6.34. The summed E-state index contributed by atoms with van der Waals surface area (Å²) >= 11 is 0. The van der Waals surface area contributed by atoms with Crippen LogP contribution in [0.5, 0.6) is 5.75 Å². The van der Waals surface area contributed by atoms with Gasteiger partial charge in [-0.15, -0.1) is 0 Å². The predicted octanol–water partition coefficient (Wildman–Crippen LogP) is 4.56. The average molecular weight is 377 g/mol. The normalized spacial score (nSPS) is 19.0. The van der Waals surface area contributed by atoms with E-state index in [1.807, 2.05) is 36.4 Å². The monoisotopic (exact) mass is 377 g/mol. The van der Waals surface area contributed by atoms with Crippen molar-refractivity contribution in [3.05, 3.63) is 53.6 Å². The van der Waals surface area contributed by atoms with E-state index in [9.17, 15) is 9.59 Å². The lowest BCUT2D eigenvalue weighted by atomic mass is 9.88. The highest BCUT2D eigenvalue weighted by Gasteiger charge is 2.26. The number of benzene rings is 2. The predicted molar refractivity (Wildman–Crippen MR) is 110 cm³/mol. The number of carbonyl (C=O) groups excluding carboxylic acids is 2. The lowest BCUT2D eigenvalue weighted by Crippen LogP contribution is -2.38. The van der Waals surface area contributed by atoms with Crippen molar-refractivity contribution in [2.75, 3.05) is 6.54 Å². The molecule has 2 aromatic rings. The smallest absolute Gasteiger partial charge is 0.223 e. The van der Waals surface area contributed by atoms with Gasteiger partial charge < -0.3 is 10.1 Å². The van der Waals surface area contributed by atoms with E-state index in [2.05, 4.69) is 11.4 Å². The average Bonchev–Trinajstić information content (AvgIpc) is 3.14. The first-order chi connectivity index (χ1) is 13.6. The molecule has 0 bridgehead atoms. The second-order valence-electron chi connectivity index (χ2n) is 7.95. The van der Waals surface area contributed by atoms with Gasteiger partial charge in [0.2, 0.25) is 5.91 Å². The van der Waals surface area contributed by atoms with Crippen LogP contribution in [-0.2, 0) is 11.2 Å². The van der Waals surface area contributed by atoms with E-state index in [1.165, 1.54) is 6.42 Å². The van der Waals surface area contributed by atoms with Crippen molar-refractivity contribution in [1.82, 2.24) is 5.32 Å². The third kappa shape index (κ3) is 3.96. The largest absolute Gasteiger partial charge is 0.488 e. The van der Waals surface area contributed by atoms with E-state index in [0.717, 1.165) is 60.1 Å². The van der Waals surface area contributed by atoms with E-state index >= 15 is 0 Å². The summed E-state index contributed by atoms with van der Waals surface area (Å²) in [6.45, 7) is 2.14. The highest BCUT2D eigenvalue weighted by Crippen LogP contribution is 2.34. The van der Waals surface area contributed by atoms with Gasteiger partial charge in [0.1, 0.15) is 11.9 Å². The molecule has 1 unspecified atom stereocenters. The number of fused-ring (bicyclic) bond motifs is 1. The molecule has 2 aromatic carbocycles. The molecule has 1 aliphatic heterocycles. The Kier molecular flexibility index (Phi) is 5.47. The molecule has 1 saturated carbocycles. The number of ether oxygens (including phenoxy) is 1. The highest BCUT2D eigenvalue weighted by molar-refractivity contribution is 6.00. The van der Waals surface area contributed by atoms with Crippen LogP contribution < -0.4 is 10.1 Å². The number of amides is 1. The first-order valence-corrected chi connectivity index (χ1v) is 10.3. The van der Waals surface area contributed by atoms with Crippen molar-refractivity contribution in [2.24, 2.45) is 5.92 Å². The number of Topliss-reactive ketones (excluding diaryl/α,β-unsaturated/α-hetero) is 1. The molecule has 4 heteroatoms. The summed E-state index contributed by atoms with van der Waals surface area (Å²) in [5.74, 6) is 1.29. The fraction of sp³-hybridized carbons (Fsp3) is 0.417. The number of ketones is 1. The molecule has 1 aliphatic carbocycles. The Balaban J connectivity index is 1.42. The van der Waals surface area contributed by atoms with Gasteiger partial charge in [0.15, 0.2) is 5.78 Å². The van der Waals surface area contributed by atoms with Crippen LogP contribution in [0.1, 0.15) is 54.9 Å². The van der Waals surface area contributed by atoms with Crippen LogP contribution in [0.3, 0.4) is 0 Å². The van der Waals surface area contributed by atoms with Crippen molar-refractivity contribution in [3.8, 4) is 16.9 Å². The van der Waals surface area contributed by atoms with Crippen LogP contribution in [0, 0.1) is 5.92 Å². The maximum atomic E-state index is 12.4. The summed E-state index contributed by atoms with van der Waals surface area (Å²) in [5, 5.41) is 3.09. The summed E-state index contributed by atoms with van der Waals surface area (Å²) in [5.41, 5.74) is 3.84. The third-order valence-electron chi connectivity index (χ3n) is 5.90. The van der Waals surface area contributed by atoms with E-state index in [0.29, 0.717) is 6.54 Å². The van der Waals surface area contributed by atoms with Crippen LogP contribution >= 0.6 is 0 Å². The van der Waals surface area contributed by atoms with Crippen LogP contribution in [0.2, 0.25) is 0 Å². The highest BCUT2D eigenvalue weighted by atomic mass is 16.5. The minimum atomic E-state index is -0.0270. The third-order valence-corrected chi connectivity index (χ3v) is 5.90. The molecular weight excluding hydrogens is 350 g/mol. The fourth-order valence-electron chi connectivity index (χ4n) is 4.37. The molecule has 1 atom stereocenters. The first kappa shape index (κ1) is 18.7. The summed E-state index contributed by atoms with van der Waals surface area (Å²) in [6, 6.07) is 13.8. The Morgan fingerprint density at radius 1 is 1.07 bits per heavy atom. The van der Waals surface area contributed by atoms with Gasteiger partial charge in [-0.2, -0.15) is 0 Å². The molecule has 0 spiro atoms. The van der Waals surface area contributed by atoms with E-state index in [-0.39, 0.29) is 23.7 Å². The van der Waals surface area contributed by atoms with Crippen LogP contribution in [0.4, 0.5) is 0 Å². The lowest BCUT2D eigenvalue weighted by Gasteiger charge is -2.21. The molecule has 28 heavy (non-hydrogen) atoms. The Morgan fingerprint density at radius 2 is 1.86 bits per heavy atom. The van der Waals surface area contributed by atoms with Crippen LogP contribution in [0.15, 0.2) is 42.5 Å². The van der Waals surface area contributed by atoms with E-state index < -0.39 is 0 Å². The SMILES string of the molecule is CC(=O)c1ccccc1-c1ccc2c(c1)CC(CNC(=O)C1CCCCC1)O2. The van der Waals surface area contributed by atoms with E-state index in [4.69, 9.17) is 4.74 Å². The summed E-state index contributed by atoms with van der Waals surface area (Å²) in [4.78, 5) is 24.3. The molecule has 1 amide bonds. The summed E-state index contributed by atoms with van der Waals surface area (Å²) in [7, 11) is 0. The van der Waals surface area contributed by atoms with Crippen LogP contribution in [0.25, 0.3) is 11.1 Å². The Labute approximate surface area is 166 Å². The molecular formula is C24H27NO3. The fourth-order valence-corrected chi connectivity index (χ4v) is 4.37. The minimum Gasteiger partial charge on any atom is -0.488 e. The van der Waals surface area contributed by atoms with Gasteiger partial charge in [-0.05, 0) is 48.6 Å². The molecule has 4 rings (SSSR count). The number of nitrogens with one attached hydrogen (secondary N) is 1. The Bertz CT molecular complexity index is 883. The number of hydrogen-bond acceptors (Lipinski definition) is 3. The van der Waals surface area contributed by atoms with Gasteiger partial charge >= 0.3 is 0 Å². The van der Waals surface area contributed by atoms with Crippen molar-refractivity contribution in [1.29, 1.82) is 0 Å². The summed E-state index contributed by atoms with van der Waals surface area (Å²) < 4.78 is 6.03. The molecule has 0 aromatic heterocycles. The Morgan fingerprint density at radius 3 is 2.64 bits per heavy atom. The van der Waals surface area contributed by atoms with Gasteiger partial charge in [0.25, 0.3) is 0 Å². The van der Waals surface area contributed by atoms with Crippen molar-refractivity contribution < 1.29 is 14.3 Å². The van der Waals surface area contributed by atoms with Crippen molar-refractivity contribution in [3.63, 3.8) is 0 Å². The molecule has 0 radical (unpaired) electrons. The van der Waals surface area contributed by atoms with Gasteiger partial charge in [-0.1, -0.05) is 49.6 Å². The molecule has 146 valence electrons. The van der Waals surface area contributed by atoms with E-state index in [1.54, 1.807) is 6.92 Å². The molecule has 1 fully saturated rings. The Hall–Kier alpha value is -2.62. The second kappa shape index (κ2) is 8.17. The molecule has 1 N–H and O–H groups in total. The quantitative estimate of drug-likeness (QED) is 0.778. The number of carbonyl (C=O) groups is 2. The second-order valence-corrected chi connectivity index (χ2v) is 7.95. The van der Waals surface area contributed by atoms with Crippen molar-refractivity contribution >= 4 is 11.7 Å². The number of rotatable bonds is 5. The molecule has 2 aliphatic rings. The minimum absolute atomic E-state index is 0.0270. The molecule has 4 nitrogen and oxygen atoms in total. The standard InChI is InChI=1S/C24H27NO3/c1-16(26)21-9-5-6-10-22(21)18-11-12-23-19(13-18)14-20(28-23)15-25-24(27)17-7-3-2-4-8-17/h5-6,9-13,17,20H,2-4,7-8,14-15H2,1H3,(H,25,27). The van der Waals surface area contributed by atoms with Gasteiger partial charge in [-0.25, -0.2) is 0 Å². The number of hydrogen-bond donors (Lipinski definition) is 1. The maximum Gasteiger partial charge on any atom is 0.223 e. The van der Waals surface area contributed by atoms with Crippen molar-refractivity contribution in [2.45, 2.75) is 51.6 Å². The lowest BCUT2D eigenvalue weighted by molar-refractivity contribution is -0.126. The van der Waals surface area contributed by atoms with Gasteiger partial charge in [-0.3, -0.25) is 9.59 Å². The maximum absolute atomic E-state index is 12.4. The molecule has 1 heterocycles. The topological polar surface area (TPSA) is 55.4 Å². The van der Waals surface area contributed by atoms with Crippen LogP contribution in [-0.4, -0.2) is 24.3 Å². The first-order valence-electron chi connectivity index (χ1n) is 10.3. The van der Waals surface area contributed by atoms with Gasteiger partial charge in [0.05, 0.1) is 6.54 Å². The molecule has 0 saturated heterocycles.